The summed E-state index contributed by atoms with van der Waals surface area (Å²) in [5.74, 6) is -0.989. The Bertz CT molecular complexity index is 499. The van der Waals surface area contributed by atoms with Gasteiger partial charge in [-0.3, -0.25) is 9.59 Å². The summed E-state index contributed by atoms with van der Waals surface area (Å²) in [5.41, 5.74) is 2.88. The summed E-state index contributed by atoms with van der Waals surface area (Å²) < 4.78 is 0. The summed E-state index contributed by atoms with van der Waals surface area (Å²) in [6.07, 6.45) is 1.44. The van der Waals surface area contributed by atoms with Gasteiger partial charge in [0.05, 0.1) is 0 Å². The number of amides is 1. The number of carbonyl (C=O) groups excluding carboxylic acids is 1. The topological polar surface area (TPSA) is 78.4 Å². The van der Waals surface area contributed by atoms with Crippen molar-refractivity contribution < 1.29 is 14.7 Å². The highest BCUT2D eigenvalue weighted by molar-refractivity contribution is 5.95. The van der Waals surface area contributed by atoms with E-state index in [4.69, 9.17) is 5.11 Å². The van der Waals surface area contributed by atoms with Gasteiger partial charge in [0, 0.05) is 30.3 Å². The molecule has 19 heavy (non-hydrogen) atoms. The van der Waals surface area contributed by atoms with E-state index >= 15 is 0 Å². The zero-order chi connectivity index (χ0) is 13.8. The van der Waals surface area contributed by atoms with E-state index in [1.54, 1.807) is 6.07 Å². The second kappa shape index (κ2) is 5.73. The van der Waals surface area contributed by atoms with Gasteiger partial charge in [-0.2, -0.15) is 0 Å². The van der Waals surface area contributed by atoms with Crippen LogP contribution in [-0.2, 0) is 11.2 Å². The third-order valence-electron chi connectivity index (χ3n) is 3.25. The van der Waals surface area contributed by atoms with Crippen LogP contribution < -0.4 is 10.6 Å². The van der Waals surface area contributed by atoms with Crippen molar-refractivity contribution in [2.45, 2.75) is 32.2 Å². The molecule has 0 saturated heterocycles. The van der Waals surface area contributed by atoms with Crippen LogP contribution in [-0.4, -0.2) is 29.6 Å². The van der Waals surface area contributed by atoms with Crippen LogP contribution in [0.5, 0.6) is 0 Å². The molecule has 1 aromatic rings. The number of benzene rings is 1. The minimum atomic E-state index is -0.843. The van der Waals surface area contributed by atoms with Gasteiger partial charge in [0.25, 0.3) is 5.91 Å². The Labute approximate surface area is 112 Å². The van der Waals surface area contributed by atoms with E-state index in [1.165, 1.54) is 0 Å². The molecule has 102 valence electrons. The van der Waals surface area contributed by atoms with Crippen LogP contribution >= 0.6 is 0 Å². The normalized spacial score (nSPS) is 14.4. The quantitative estimate of drug-likeness (QED) is 0.753. The molecule has 0 saturated carbocycles. The molecule has 1 aliphatic rings. The summed E-state index contributed by atoms with van der Waals surface area (Å²) >= 11 is 0. The van der Waals surface area contributed by atoms with E-state index in [2.05, 4.69) is 10.6 Å². The van der Waals surface area contributed by atoms with Crippen molar-refractivity contribution in [3.8, 4) is 0 Å². The van der Waals surface area contributed by atoms with Gasteiger partial charge < -0.3 is 15.7 Å². The largest absolute Gasteiger partial charge is 0.481 e. The molecule has 0 aromatic heterocycles. The summed E-state index contributed by atoms with van der Waals surface area (Å²) in [7, 11) is 0. The van der Waals surface area contributed by atoms with E-state index < -0.39 is 5.97 Å². The molecule has 5 heteroatoms. The van der Waals surface area contributed by atoms with Crippen LogP contribution in [0, 0.1) is 0 Å². The van der Waals surface area contributed by atoms with Crippen LogP contribution in [0.25, 0.3) is 0 Å². The van der Waals surface area contributed by atoms with Gasteiger partial charge in [-0.15, -0.1) is 0 Å². The second-order valence-corrected chi connectivity index (χ2v) is 4.86. The van der Waals surface area contributed by atoms with Crippen molar-refractivity contribution in [2.24, 2.45) is 0 Å². The molecular weight excluding hydrogens is 244 g/mol. The lowest BCUT2D eigenvalue weighted by molar-refractivity contribution is -0.137. The van der Waals surface area contributed by atoms with Crippen LogP contribution in [0.3, 0.4) is 0 Å². The maximum Gasteiger partial charge on any atom is 0.303 e. The molecule has 0 radical (unpaired) electrons. The van der Waals surface area contributed by atoms with E-state index in [1.807, 2.05) is 19.1 Å². The molecule has 0 aliphatic carbocycles. The van der Waals surface area contributed by atoms with Crippen molar-refractivity contribution in [1.82, 2.24) is 5.32 Å². The minimum absolute atomic E-state index is 0.0650. The molecule has 3 N–H and O–H groups in total. The molecule has 0 spiro atoms. The average Bonchev–Trinajstić information content (AvgIpc) is 2.83. The highest BCUT2D eigenvalue weighted by Crippen LogP contribution is 2.22. The average molecular weight is 262 g/mol. The fourth-order valence-electron chi connectivity index (χ4n) is 2.17. The van der Waals surface area contributed by atoms with Gasteiger partial charge in [0.2, 0.25) is 0 Å². The number of fused-ring (bicyclic) bond motifs is 1. The number of hydrogen-bond acceptors (Lipinski definition) is 3. The first-order chi connectivity index (χ1) is 9.06. The lowest BCUT2D eigenvalue weighted by Crippen LogP contribution is -2.32. The molecule has 1 amide bonds. The van der Waals surface area contributed by atoms with Crippen molar-refractivity contribution in [2.75, 3.05) is 11.9 Å². The van der Waals surface area contributed by atoms with Gasteiger partial charge in [-0.05, 0) is 43.5 Å². The smallest absolute Gasteiger partial charge is 0.303 e. The fraction of sp³-hybridized carbons (Fsp3) is 0.429. The predicted octanol–water partition coefficient (Wildman–Crippen LogP) is 1.64. The molecular formula is C14H18N2O3. The van der Waals surface area contributed by atoms with Crippen LogP contribution in [0.4, 0.5) is 5.69 Å². The van der Waals surface area contributed by atoms with Crippen molar-refractivity contribution in [3.63, 3.8) is 0 Å². The highest BCUT2D eigenvalue weighted by atomic mass is 16.4. The number of anilines is 1. The molecule has 5 nitrogen and oxygen atoms in total. The van der Waals surface area contributed by atoms with Crippen LogP contribution in [0.1, 0.15) is 35.7 Å². The van der Waals surface area contributed by atoms with Gasteiger partial charge in [-0.25, -0.2) is 0 Å². The summed E-state index contributed by atoms with van der Waals surface area (Å²) in [6, 6.07) is 5.46. The first-order valence-corrected chi connectivity index (χ1v) is 6.45. The van der Waals surface area contributed by atoms with E-state index in [0.717, 1.165) is 24.2 Å². The Morgan fingerprint density at radius 3 is 3.00 bits per heavy atom. The SMILES string of the molecule is CC(CCC(=O)O)NC(=O)c1ccc2c(c1)CCN2. The summed E-state index contributed by atoms with van der Waals surface area (Å²) in [5, 5.41) is 14.7. The van der Waals surface area contributed by atoms with Crippen LogP contribution in [0.15, 0.2) is 18.2 Å². The Morgan fingerprint density at radius 2 is 2.26 bits per heavy atom. The third-order valence-corrected chi connectivity index (χ3v) is 3.25. The number of carboxylic acid groups (broad SMARTS) is 1. The van der Waals surface area contributed by atoms with Gasteiger partial charge in [0.1, 0.15) is 0 Å². The van der Waals surface area contributed by atoms with Gasteiger partial charge >= 0.3 is 5.97 Å². The maximum atomic E-state index is 12.0. The molecule has 1 unspecified atom stereocenters. The third kappa shape index (κ3) is 3.47. The Kier molecular flexibility index (Phi) is 4.04. The molecule has 2 rings (SSSR count). The van der Waals surface area contributed by atoms with Crippen molar-refractivity contribution in [1.29, 1.82) is 0 Å². The molecule has 1 heterocycles. The second-order valence-electron chi connectivity index (χ2n) is 4.86. The maximum absolute atomic E-state index is 12.0. The first-order valence-electron chi connectivity index (χ1n) is 6.45. The summed E-state index contributed by atoms with van der Waals surface area (Å²) in [6.45, 7) is 2.73. The first kappa shape index (κ1) is 13.4. The number of rotatable bonds is 5. The molecule has 1 aromatic carbocycles. The van der Waals surface area contributed by atoms with Crippen molar-refractivity contribution >= 4 is 17.6 Å². The summed E-state index contributed by atoms with van der Waals surface area (Å²) in [4.78, 5) is 22.5. The van der Waals surface area contributed by atoms with Crippen LogP contribution in [0.2, 0.25) is 0 Å². The number of carbonyl (C=O) groups is 2. The Balaban J connectivity index is 1.94. The zero-order valence-electron chi connectivity index (χ0n) is 10.9. The van der Waals surface area contributed by atoms with E-state index in [0.29, 0.717) is 12.0 Å². The van der Waals surface area contributed by atoms with Gasteiger partial charge in [0.15, 0.2) is 0 Å². The van der Waals surface area contributed by atoms with Gasteiger partial charge in [-0.1, -0.05) is 0 Å². The molecule has 0 bridgehead atoms. The Morgan fingerprint density at radius 1 is 1.47 bits per heavy atom. The monoisotopic (exact) mass is 262 g/mol. The van der Waals surface area contributed by atoms with E-state index in [9.17, 15) is 9.59 Å². The van der Waals surface area contributed by atoms with Crippen molar-refractivity contribution in [3.05, 3.63) is 29.3 Å². The number of hydrogen-bond donors (Lipinski definition) is 3. The molecule has 0 fully saturated rings. The Hall–Kier alpha value is -2.04. The predicted molar refractivity (Wildman–Crippen MR) is 72.4 cm³/mol. The standard InChI is InChI=1S/C14H18N2O3/c1-9(2-5-13(17)18)16-14(19)11-3-4-12-10(8-11)6-7-15-12/h3-4,8-9,15H,2,5-7H2,1H3,(H,16,19)(H,17,18). The van der Waals surface area contributed by atoms with E-state index in [-0.39, 0.29) is 18.4 Å². The number of nitrogens with one attached hydrogen (secondary N) is 2. The number of aliphatic carboxylic acids is 1. The highest BCUT2D eigenvalue weighted by Gasteiger charge is 2.15. The lowest BCUT2D eigenvalue weighted by Gasteiger charge is -2.13. The molecule has 1 aliphatic heterocycles. The number of carboxylic acids is 1. The lowest BCUT2D eigenvalue weighted by atomic mass is 10.1. The zero-order valence-corrected chi connectivity index (χ0v) is 10.9. The minimum Gasteiger partial charge on any atom is -0.481 e. The molecule has 1 atom stereocenters. The fourth-order valence-corrected chi connectivity index (χ4v) is 2.17.